The molecule has 3 aromatic rings. The summed E-state index contributed by atoms with van der Waals surface area (Å²) in [6, 6.07) is 11.4. The minimum absolute atomic E-state index is 0.120. The number of anilines is 1. The molecule has 1 aliphatic heterocycles. The molecule has 1 aromatic heterocycles. The van der Waals surface area contributed by atoms with Gasteiger partial charge in [0.1, 0.15) is 12.3 Å². The fourth-order valence-corrected chi connectivity index (χ4v) is 4.13. The molecule has 0 radical (unpaired) electrons. The average molecular weight is 533 g/mol. The average Bonchev–Trinajstić information content (AvgIpc) is 3.06. The highest BCUT2D eigenvalue weighted by Crippen LogP contribution is 2.33. The highest BCUT2D eigenvalue weighted by atomic mass is 35.5. The zero-order chi connectivity index (χ0) is 25.1. The number of halogens is 3. The molecular formula is C23H15Cl2FN4O4S. The van der Waals surface area contributed by atoms with Crippen molar-refractivity contribution in [1.82, 2.24) is 14.9 Å². The van der Waals surface area contributed by atoms with Gasteiger partial charge in [-0.05, 0) is 71.8 Å². The number of aromatic nitrogens is 2. The van der Waals surface area contributed by atoms with Crippen molar-refractivity contribution in [3.8, 4) is 11.6 Å². The lowest BCUT2D eigenvalue weighted by Crippen LogP contribution is -2.36. The molecule has 8 nitrogen and oxygen atoms in total. The Morgan fingerprint density at radius 3 is 2.80 bits per heavy atom. The lowest BCUT2D eigenvalue weighted by molar-refractivity contribution is -0.127. The van der Waals surface area contributed by atoms with E-state index in [1.165, 1.54) is 12.1 Å². The van der Waals surface area contributed by atoms with Crippen molar-refractivity contribution < 1.29 is 23.5 Å². The van der Waals surface area contributed by atoms with Crippen LogP contribution in [0.25, 0.3) is 6.08 Å². The Kier molecular flexibility index (Phi) is 7.34. The summed E-state index contributed by atoms with van der Waals surface area (Å²) in [5, 5.41) is 2.34. The normalized spacial score (nSPS) is 14.5. The van der Waals surface area contributed by atoms with Gasteiger partial charge in [-0.2, -0.15) is 9.37 Å². The third-order valence-corrected chi connectivity index (χ3v) is 6.18. The van der Waals surface area contributed by atoms with E-state index < -0.39 is 29.4 Å². The van der Waals surface area contributed by atoms with Crippen LogP contribution in [0.1, 0.15) is 11.1 Å². The number of ether oxygens (including phenoxy) is 1. The van der Waals surface area contributed by atoms with Gasteiger partial charge in [-0.3, -0.25) is 19.3 Å². The second-order valence-electron chi connectivity index (χ2n) is 7.25. The Hall–Kier alpha value is -3.47. The van der Waals surface area contributed by atoms with Crippen LogP contribution in [0.15, 0.2) is 53.6 Å². The molecule has 12 heteroatoms. The summed E-state index contributed by atoms with van der Waals surface area (Å²) in [5.74, 6) is -2.09. The van der Waals surface area contributed by atoms with Crippen molar-refractivity contribution in [2.75, 3.05) is 11.9 Å². The van der Waals surface area contributed by atoms with Crippen molar-refractivity contribution in [3.05, 3.63) is 80.8 Å². The van der Waals surface area contributed by atoms with Crippen LogP contribution in [0.2, 0.25) is 10.3 Å². The predicted octanol–water partition coefficient (Wildman–Crippen LogP) is 5.70. The van der Waals surface area contributed by atoms with Crippen molar-refractivity contribution in [3.63, 3.8) is 0 Å². The molecule has 0 atom stereocenters. The van der Waals surface area contributed by atoms with Gasteiger partial charge in [0.2, 0.25) is 17.0 Å². The van der Waals surface area contributed by atoms with E-state index in [1.54, 1.807) is 36.4 Å². The number of hydrogen-bond acceptors (Lipinski definition) is 7. The molecule has 1 fully saturated rings. The van der Waals surface area contributed by atoms with Crippen LogP contribution in [0, 0.1) is 12.7 Å². The van der Waals surface area contributed by atoms with E-state index in [9.17, 15) is 18.8 Å². The van der Waals surface area contributed by atoms with E-state index in [2.05, 4.69) is 15.3 Å². The molecule has 3 amide bonds. The van der Waals surface area contributed by atoms with E-state index in [1.807, 2.05) is 6.92 Å². The Balaban J connectivity index is 1.45. The quantitative estimate of drug-likeness (QED) is 0.321. The zero-order valence-electron chi connectivity index (χ0n) is 17.9. The van der Waals surface area contributed by atoms with Crippen molar-refractivity contribution in [1.29, 1.82) is 0 Å². The highest BCUT2D eigenvalue weighted by Gasteiger charge is 2.36. The fraction of sp³-hybridized carbons (Fsp3) is 0.0870. The number of carbonyl (C=O) groups excluding carboxylic acids is 3. The van der Waals surface area contributed by atoms with E-state index in [4.69, 9.17) is 27.9 Å². The number of rotatable bonds is 6. The maximum atomic E-state index is 13.8. The second kappa shape index (κ2) is 10.4. The van der Waals surface area contributed by atoms with E-state index in [-0.39, 0.29) is 21.8 Å². The molecule has 35 heavy (non-hydrogen) atoms. The molecule has 2 aromatic carbocycles. The number of benzene rings is 2. The smallest absolute Gasteiger partial charge is 0.294 e. The molecule has 1 aliphatic rings. The summed E-state index contributed by atoms with van der Waals surface area (Å²) < 4.78 is 19.3. The molecule has 1 saturated heterocycles. The standard InChI is InChI=1S/C23H15Cl2FN4O4S/c1-12-5-6-14(9-16(12)24)28-19(31)11-30-21(32)18(35-23(30)33)8-13-3-2-4-15(7-13)34-20-17(26)10-27-22(25)29-20/h2-10H,11H2,1H3,(H,28,31)/b18-8+. The van der Waals surface area contributed by atoms with Gasteiger partial charge >= 0.3 is 0 Å². The van der Waals surface area contributed by atoms with Gasteiger partial charge in [-0.25, -0.2) is 4.98 Å². The van der Waals surface area contributed by atoms with E-state index in [0.717, 1.165) is 16.7 Å². The molecular weight excluding hydrogens is 518 g/mol. The Morgan fingerprint density at radius 1 is 1.23 bits per heavy atom. The first kappa shape index (κ1) is 24.6. The number of imide groups is 1. The Labute approximate surface area is 213 Å². The number of carbonyl (C=O) groups is 3. The zero-order valence-corrected chi connectivity index (χ0v) is 20.2. The molecule has 0 unspecified atom stereocenters. The number of aryl methyl sites for hydroxylation is 1. The van der Waals surface area contributed by atoms with Crippen molar-refractivity contribution >= 4 is 63.8 Å². The van der Waals surface area contributed by atoms with Crippen LogP contribution in [0.4, 0.5) is 14.9 Å². The fourth-order valence-electron chi connectivity index (χ4n) is 2.98. The second-order valence-corrected chi connectivity index (χ2v) is 8.99. The number of hydrogen-bond donors (Lipinski definition) is 1. The predicted molar refractivity (Wildman–Crippen MR) is 131 cm³/mol. The van der Waals surface area contributed by atoms with E-state index >= 15 is 0 Å². The van der Waals surface area contributed by atoms with Crippen LogP contribution in [-0.4, -0.2) is 38.5 Å². The largest absolute Gasteiger partial charge is 0.436 e. The van der Waals surface area contributed by atoms with Gasteiger partial charge in [0.25, 0.3) is 17.0 Å². The number of nitrogens with zero attached hydrogens (tertiary/aromatic N) is 3. The molecule has 4 rings (SSSR count). The Bertz CT molecular complexity index is 1390. The van der Waals surface area contributed by atoms with Crippen LogP contribution in [0.3, 0.4) is 0 Å². The monoisotopic (exact) mass is 532 g/mol. The summed E-state index contributed by atoms with van der Waals surface area (Å²) in [6.07, 6.45) is 2.35. The summed E-state index contributed by atoms with van der Waals surface area (Å²) in [5.41, 5.74) is 1.81. The van der Waals surface area contributed by atoms with Crippen LogP contribution < -0.4 is 10.1 Å². The summed E-state index contributed by atoms with van der Waals surface area (Å²) >= 11 is 12.4. The Morgan fingerprint density at radius 2 is 2.03 bits per heavy atom. The van der Waals surface area contributed by atoms with Crippen LogP contribution >= 0.6 is 35.0 Å². The lowest BCUT2D eigenvalue weighted by atomic mass is 10.2. The SMILES string of the molecule is Cc1ccc(NC(=O)CN2C(=O)S/C(=C/c3cccc(Oc4nc(Cl)ncc4F)c3)C2=O)cc1Cl. The topological polar surface area (TPSA) is 101 Å². The number of thioether (sulfide) groups is 1. The molecule has 0 aliphatic carbocycles. The maximum Gasteiger partial charge on any atom is 0.294 e. The van der Waals surface area contributed by atoms with Gasteiger partial charge in [-0.15, -0.1) is 0 Å². The first-order valence-corrected chi connectivity index (χ1v) is 11.5. The summed E-state index contributed by atoms with van der Waals surface area (Å²) in [6.45, 7) is 1.37. The first-order valence-electron chi connectivity index (χ1n) is 9.97. The van der Waals surface area contributed by atoms with Gasteiger partial charge in [0, 0.05) is 10.7 Å². The molecule has 1 N–H and O–H groups in total. The molecule has 2 heterocycles. The first-order chi connectivity index (χ1) is 16.7. The van der Waals surface area contributed by atoms with Gasteiger partial charge in [0.15, 0.2) is 0 Å². The third-order valence-electron chi connectivity index (χ3n) is 4.68. The maximum absolute atomic E-state index is 13.8. The summed E-state index contributed by atoms with van der Waals surface area (Å²) in [7, 11) is 0. The van der Waals surface area contributed by atoms with Crippen LogP contribution in [0.5, 0.6) is 11.6 Å². The van der Waals surface area contributed by atoms with E-state index in [0.29, 0.717) is 28.0 Å². The lowest BCUT2D eigenvalue weighted by Gasteiger charge is -2.13. The van der Waals surface area contributed by atoms with Crippen molar-refractivity contribution in [2.45, 2.75) is 6.92 Å². The third kappa shape index (κ3) is 5.97. The van der Waals surface area contributed by atoms with Gasteiger partial charge in [-0.1, -0.05) is 29.8 Å². The highest BCUT2D eigenvalue weighted by molar-refractivity contribution is 8.18. The minimum Gasteiger partial charge on any atom is -0.436 e. The molecule has 0 saturated carbocycles. The molecule has 0 spiro atoms. The molecule has 178 valence electrons. The van der Waals surface area contributed by atoms with Crippen molar-refractivity contribution in [2.24, 2.45) is 0 Å². The minimum atomic E-state index is -0.799. The van der Waals surface area contributed by atoms with Gasteiger partial charge < -0.3 is 10.1 Å². The molecule has 0 bridgehead atoms. The number of amides is 3. The summed E-state index contributed by atoms with van der Waals surface area (Å²) in [4.78, 5) is 45.7. The van der Waals surface area contributed by atoms with Crippen LogP contribution in [-0.2, 0) is 9.59 Å². The van der Waals surface area contributed by atoms with Gasteiger partial charge in [0.05, 0.1) is 11.1 Å². The number of nitrogens with one attached hydrogen (secondary N) is 1.